The summed E-state index contributed by atoms with van der Waals surface area (Å²) in [6.07, 6.45) is 2.44. The van der Waals surface area contributed by atoms with Gasteiger partial charge in [-0.05, 0) is 43.9 Å². The molecule has 150 valence electrons. The van der Waals surface area contributed by atoms with Crippen molar-refractivity contribution < 1.29 is 14.4 Å². The van der Waals surface area contributed by atoms with Crippen molar-refractivity contribution in [2.24, 2.45) is 0 Å². The molecule has 2 aromatic rings. The number of amides is 3. The maximum Gasteiger partial charge on any atom is 0.256 e. The van der Waals surface area contributed by atoms with E-state index in [1.807, 2.05) is 31.2 Å². The number of nitrogens with zero attached hydrogens (tertiary/aromatic N) is 2. The molecule has 1 N–H and O–H groups in total. The van der Waals surface area contributed by atoms with Gasteiger partial charge in [-0.15, -0.1) is 0 Å². The first-order chi connectivity index (χ1) is 14.0. The first-order valence-corrected chi connectivity index (χ1v) is 10.1. The Morgan fingerprint density at radius 1 is 1.07 bits per heavy atom. The summed E-state index contributed by atoms with van der Waals surface area (Å²) in [7, 11) is 0. The minimum atomic E-state index is -0.492. The van der Waals surface area contributed by atoms with Crippen molar-refractivity contribution in [1.82, 2.24) is 10.2 Å². The highest BCUT2D eigenvalue weighted by atomic mass is 16.2. The van der Waals surface area contributed by atoms with E-state index < -0.39 is 6.04 Å². The number of anilines is 1. The van der Waals surface area contributed by atoms with Crippen LogP contribution < -0.4 is 10.2 Å². The van der Waals surface area contributed by atoms with Gasteiger partial charge in [-0.3, -0.25) is 14.4 Å². The molecule has 0 aromatic heterocycles. The molecule has 1 unspecified atom stereocenters. The highest BCUT2D eigenvalue weighted by Crippen LogP contribution is 2.31. The van der Waals surface area contributed by atoms with Gasteiger partial charge in [0.25, 0.3) is 5.91 Å². The van der Waals surface area contributed by atoms with Gasteiger partial charge in [0.05, 0.1) is 11.3 Å². The predicted octanol–water partition coefficient (Wildman–Crippen LogP) is 2.65. The summed E-state index contributed by atoms with van der Waals surface area (Å²) >= 11 is 0. The smallest absolute Gasteiger partial charge is 0.256 e. The fourth-order valence-corrected chi connectivity index (χ4v) is 4.04. The molecule has 29 heavy (non-hydrogen) atoms. The van der Waals surface area contributed by atoms with Crippen LogP contribution in [-0.4, -0.2) is 41.8 Å². The Bertz CT molecular complexity index is 939. The molecule has 0 spiro atoms. The molecule has 0 aliphatic carbocycles. The molecule has 2 heterocycles. The number of benzene rings is 2. The molecule has 1 atom stereocenters. The number of hydrogen-bond acceptors (Lipinski definition) is 3. The van der Waals surface area contributed by atoms with Gasteiger partial charge >= 0.3 is 0 Å². The van der Waals surface area contributed by atoms with Crippen LogP contribution in [0.1, 0.15) is 40.7 Å². The molecule has 6 nitrogen and oxygen atoms in total. The zero-order chi connectivity index (χ0) is 20.4. The Morgan fingerprint density at radius 3 is 2.62 bits per heavy atom. The fourth-order valence-electron chi connectivity index (χ4n) is 4.04. The van der Waals surface area contributed by atoms with Crippen LogP contribution >= 0.6 is 0 Å². The zero-order valence-electron chi connectivity index (χ0n) is 16.6. The van der Waals surface area contributed by atoms with Crippen LogP contribution in [0.25, 0.3) is 0 Å². The predicted molar refractivity (Wildman–Crippen MR) is 110 cm³/mol. The molecule has 3 amide bonds. The van der Waals surface area contributed by atoms with Gasteiger partial charge in [-0.25, -0.2) is 0 Å². The zero-order valence-corrected chi connectivity index (χ0v) is 16.6. The van der Waals surface area contributed by atoms with Crippen molar-refractivity contribution >= 4 is 23.4 Å². The Labute approximate surface area is 170 Å². The first kappa shape index (κ1) is 19.2. The van der Waals surface area contributed by atoms with Crippen LogP contribution in [0.15, 0.2) is 48.5 Å². The summed E-state index contributed by atoms with van der Waals surface area (Å²) in [5.41, 5.74) is 3.16. The number of para-hydroxylation sites is 1. The monoisotopic (exact) mass is 391 g/mol. The summed E-state index contributed by atoms with van der Waals surface area (Å²) in [5.74, 6) is -0.542. The van der Waals surface area contributed by atoms with Gasteiger partial charge < -0.3 is 15.1 Å². The minimum Gasteiger partial charge on any atom is -0.350 e. The number of fused-ring (bicyclic) bond motifs is 2. The Hall–Kier alpha value is -3.15. The van der Waals surface area contributed by atoms with E-state index in [1.54, 1.807) is 29.2 Å². The van der Waals surface area contributed by atoms with Gasteiger partial charge in [0, 0.05) is 13.1 Å². The average molecular weight is 391 g/mol. The number of carbonyl (C=O) groups excluding carboxylic acids is 3. The maximum atomic E-state index is 13.3. The van der Waals surface area contributed by atoms with Gasteiger partial charge in [0.15, 0.2) is 0 Å². The third-order valence-corrected chi connectivity index (χ3v) is 5.65. The van der Waals surface area contributed by atoms with E-state index in [-0.39, 0.29) is 24.3 Å². The Balaban J connectivity index is 1.55. The van der Waals surface area contributed by atoms with Crippen molar-refractivity contribution in [1.29, 1.82) is 0 Å². The molecular weight excluding hydrogens is 366 g/mol. The van der Waals surface area contributed by atoms with Crippen molar-refractivity contribution in [3.63, 3.8) is 0 Å². The molecule has 1 saturated heterocycles. The summed E-state index contributed by atoms with van der Waals surface area (Å²) in [4.78, 5) is 42.1. The normalized spacial score (nSPS) is 18.7. The van der Waals surface area contributed by atoms with Crippen molar-refractivity contribution in [2.75, 3.05) is 18.0 Å². The third kappa shape index (κ3) is 3.88. The van der Waals surface area contributed by atoms with Gasteiger partial charge in [-0.2, -0.15) is 0 Å². The lowest BCUT2D eigenvalue weighted by molar-refractivity contribution is -0.126. The van der Waals surface area contributed by atoms with Gasteiger partial charge in [0.1, 0.15) is 12.6 Å². The van der Waals surface area contributed by atoms with E-state index >= 15 is 0 Å². The topological polar surface area (TPSA) is 69.7 Å². The lowest BCUT2D eigenvalue weighted by Crippen LogP contribution is -2.52. The molecule has 6 heteroatoms. The van der Waals surface area contributed by atoms with Crippen LogP contribution in [0.5, 0.6) is 0 Å². The second kappa shape index (κ2) is 8.07. The average Bonchev–Trinajstić information content (AvgIpc) is 2.83. The third-order valence-electron chi connectivity index (χ3n) is 5.65. The summed E-state index contributed by atoms with van der Waals surface area (Å²) in [5, 5.41) is 2.89. The minimum absolute atomic E-state index is 0.0979. The number of aryl methyl sites for hydroxylation is 1. The van der Waals surface area contributed by atoms with Gasteiger partial charge in [0.2, 0.25) is 11.8 Å². The molecule has 2 aliphatic heterocycles. The quantitative estimate of drug-likeness (QED) is 0.871. The number of nitrogens with one attached hydrogen (secondary N) is 1. The second-order valence-corrected chi connectivity index (χ2v) is 7.71. The molecule has 2 aromatic carbocycles. The summed E-state index contributed by atoms with van der Waals surface area (Å²) < 4.78 is 0. The van der Waals surface area contributed by atoms with Crippen molar-refractivity contribution in [2.45, 2.75) is 38.8 Å². The Kier molecular flexibility index (Phi) is 5.34. The van der Waals surface area contributed by atoms with E-state index in [2.05, 4.69) is 5.32 Å². The van der Waals surface area contributed by atoms with Crippen LogP contribution in [0.3, 0.4) is 0 Å². The van der Waals surface area contributed by atoms with Crippen molar-refractivity contribution in [3.8, 4) is 0 Å². The molecule has 1 fully saturated rings. The van der Waals surface area contributed by atoms with Crippen LogP contribution in [0.2, 0.25) is 0 Å². The largest absolute Gasteiger partial charge is 0.350 e. The lowest BCUT2D eigenvalue weighted by atomic mass is 10.0. The van der Waals surface area contributed by atoms with Crippen LogP contribution in [-0.2, 0) is 16.1 Å². The van der Waals surface area contributed by atoms with E-state index in [0.717, 1.165) is 24.0 Å². The van der Waals surface area contributed by atoms with E-state index in [9.17, 15) is 14.4 Å². The van der Waals surface area contributed by atoms with E-state index in [0.29, 0.717) is 30.8 Å². The fraction of sp³-hybridized carbons (Fsp3) is 0.348. The van der Waals surface area contributed by atoms with Crippen LogP contribution in [0.4, 0.5) is 5.69 Å². The number of piperidine rings is 1. The Morgan fingerprint density at radius 2 is 1.83 bits per heavy atom. The summed E-state index contributed by atoms with van der Waals surface area (Å²) in [6.45, 7) is 2.90. The first-order valence-electron chi connectivity index (χ1n) is 10.1. The molecule has 4 rings (SSSR count). The highest BCUT2D eigenvalue weighted by Gasteiger charge is 2.40. The molecule has 0 saturated carbocycles. The number of carbonyl (C=O) groups is 3. The number of rotatable bonds is 4. The molecule has 2 aliphatic rings. The molecular formula is C23H25N3O3. The van der Waals surface area contributed by atoms with Gasteiger partial charge in [-0.1, -0.05) is 42.0 Å². The lowest BCUT2D eigenvalue weighted by Gasteiger charge is -2.34. The molecule has 0 radical (unpaired) electrons. The molecule has 0 bridgehead atoms. The van der Waals surface area contributed by atoms with E-state index in [1.165, 1.54) is 4.90 Å². The SMILES string of the molecule is Cc1ccc(CNC(=O)CN2C(=O)C3CCCCN3C(=O)c3ccccc32)cc1. The van der Waals surface area contributed by atoms with Crippen molar-refractivity contribution in [3.05, 3.63) is 65.2 Å². The van der Waals surface area contributed by atoms with Crippen LogP contribution in [0, 0.1) is 6.92 Å². The standard InChI is InChI=1S/C23H25N3O3/c1-16-9-11-17(12-10-16)14-24-21(27)15-26-19-7-3-2-6-18(19)22(28)25-13-5-4-8-20(25)23(26)29/h2-3,6-7,9-12,20H,4-5,8,13-15H2,1H3,(H,24,27). The second-order valence-electron chi connectivity index (χ2n) is 7.71. The summed E-state index contributed by atoms with van der Waals surface area (Å²) in [6, 6.07) is 14.5. The highest BCUT2D eigenvalue weighted by molar-refractivity contribution is 6.12. The maximum absolute atomic E-state index is 13.3. The van der Waals surface area contributed by atoms with E-state index in [4.69, 9.17) is 0 Å². The number of hydrogen-bond donors (Lipinski definition) is 1.